The van der Waals surface area contributed by atoms with Crippen LogP contribution in [0.1, 0.15) is 27.2 Å². The van der Waals surface area contributed by atoms with Crippen LogP contribution in [0.4, 0.5) is 5.69 Å². The smallest absolute Gasteiger partial charge is 0.349 e. The molecule has 1 heterocycles. The maximum absolute atomic E-state index is 12.6. The third kappa shape index (κ3) is 5.59. The lowest BCUT2D eigenvalue weighted by Crippen LogP contribution is -2.23. The Bertz CT molecular complexity index is 1260. The van der Waals surface area contributed by atoms with Crippen LogP contribution in [0.5, 0.6) is 5.75 Å². The predicted octanol–water partition coefficient (Wildman–Crippen LogP) is 2.64. The number of sulfonamides is 1. The molecule has 3 aromatic rings. The number of benzene rings is 2. The summed E-state index contributed by atoms with van der Waals surface area (Å²) in [6.45, 7) is 1.64. The number of aryl methyl sites for hydroxylation is 3. The van der Waals surface area contributed by atoms with Crippen molar-refractivity contribution in [3.05, 3.63) is 87.5 Å². The van der Waals surface area contributed by atoms with Crippen LogP contribution in [0.25, 0.3) is 0 Å². The van der Waals surface area contributed by atoms with E-state index in [0.29, 0.717) is 24.2 Å². The van der Waals surface area contributed by atoms with Gasteiger partial charge in [-0.2, -0.15) is 0 Å². The second-order valence-electron chi connectivity index (χ2n) is 6.93. The van der Waals surface area contributed by atoms with Crippen molar-refractivity contribution in [2.24, 2.45) is 5.14 Å². The van der Waals surface area contributed by atoms with E-state index in [1.165, 1.54) is 24.3 Å². The molecule has 0 spiro atoms. The average molecular weight is 442 g/mol. The first-order chi connectivity index (χ1) is 14.7. The van der Waals surface area contributed by atoms with Gasteiger partial charge in [0.2, 0.25) is 10.0 Å². The van der Waals surface area contributed by atoms with Crippen molar-refractivity contribution in [1.82, 2.24) is 0 Å². The van der Waals surface area contributed by atoms with Gasteiger partial charge < -0.3 is 14.5 Å². The number of carbonyl (C=O) groups is 1. The number of rotatable bonds is 7. The van der Waals surface area contributed by atoms with Gasteiger partial charge in [-0.05, 0) is 60.9 Å². The zero-order chi connectivity index (χ0) is 22.6. The SMILES string of the molecule is COc1ccc(CCc2cc(C)c(C(=O)Nc3cccc(S(N)(=O)=O)c3)c(=O)o2)cc1. The minimum Gasteiger partial charge on any atom is -0.497 e. The van der Waals surface area contributed by atoms with E-state index in [9.17, 15) is 18.0 Å². The molecule has 0 aliphatic rings. The van der Waals surface area contributed by atoms with Crippen molar-refractivity contribution in [3.63, 3.8) is 0 Å². The summed E-state index contributed by atoms with van der Waals surface area (Å²) in [6.07, 6.45) is 1.14. The summed E-state index contributed by atoms with van der Waals surface area (Å²) in [5, 5.41) is 7.62. The summed E-state index contributed by atoms with van der Waals surface area (Å²) < 4.78 is 33.4. The molecule has 0 fully saturated rings. The van der Waals surface area contributed by atoms with E-state index >= 15 is 0 Å². The molecule has 9 heteroatoms. The Balaban J connectivity index is 1.75. The highest BCUT2D eigenvalue weighted by Crippen LogP contribution is 2.17. The highest BCUT2D eigenvalue weighted by atomic mass is 32.2. The maximum atomic E-state index is 12.6. The second-order valence-corrected chi connectivity index (χ2v) is 8.49. The van der Waals surface area contributed by atoms with Crippen molar-refractivity contribution in [3.8, 4) is 5.75 Å². The fraction of sp³-hybridized carbons (Fsp3) is 0.182. The zero-order valence-electron chi connectivity index (χ0n) is 17.0. The monoisotopic (exact) mass is 442 g/mol. The Morgan fingerprint density at radius 2 is 1.81 bits per heavy atom. The lowest BCUT2D eigenvalue weighted by atomic mass is 10.1. The third-order valence-electron chi connectivity index (χ3n) is 4.67. The molecule has 1 aromatic heterocycles. The summed E-state index contributed by atoms with van der Waals surface area (Å²) in [6, 6.07) is 14.7. The van der Waals surface area contributed by atoms with E-state index in [0.717, 1.165) is 11.3 Å². The summed E-state index contributed by atoms with van der Waals surface area (Å²) in [4.78, 5) is 24.9. The maximum Gasteiger partial charge on any atom is 0.349 e. The number of amides is 1. The number of methoxy groups -OCH3 is 1. The van der Waals surface area contributed by atoms with Crippen LogP contribution in [-0.4, -0.2) is 21.4 Å². The van der Waals surface area contributed by atoms with Crippen molar-refractivity contribution in [1.29, 1.82) is 0 Å². The van der Waals surface area contributed by atoms with E-state index in [1.54, 1.807) is 20.1 Å². The number of nitrogens with two attached hydrogens (primary N) is 1. The number of primary sulfonamides is 1. The minimum atomic E-state index is -3.92. The fourth-order valence-electron chi connectivity index (χ4n) is 3.07. The predicted molar refractivity (Wildman–Crippen MR) is 116 cm³/mol. The Morgan fingerprint density at radius 1 is 1.10 bits per heavy atom. The molecule has 8 nitrogen and oxygen atoms in total. The van der Waals surface area contributed by atoms with Gasteiger partial charge in [0.1, 0.15) is 17.1 Å². The van der Waals surface area contributed by atoms with Crippen LogP contribution < -0.4 is 20.8 Å². The molecular weight excluding hydrogens is 420 g/mol. The van der Waals surface area contributed by atoms with Crippen LogP contribution in [0.15, 0.2) is 68.7 Å². The van der Waals surface area contributed by atoms with E-state index < -0.39 is 21.6 Å². The Kier molecular flexibility index (Phi) is 6.57. The van der Waals surface area contributed by atoms with E-state index in [4.69, 9.17) is 14.3 Å². The lowest BCUT2D eigenvalue weighted by molar-refractivity contribution is 0.102. The number of carbonyl (C=O) groups excluding carboxylic acids is 1. The molecular formula is C22H22N2O6S. The van der Waals surface area contributed by atoms with Gasteiger partial charge in [-0.25, -0.2) is 18.4 Å². The van der Waals surface area contributed by atoms with Crippen LogP contribution in [0.3, 0.4) is 0 Å². The Labute approximate surface area is 179 Å². The number of hydrogen-bond donors (Lipinski definition) is 2. The molecule has 3 rings (SSSR count). The first-order valence-electron chi connectivity index (χ1n) is 9.38. The normalized spacial score (nSPS) is 11.2. The molecule has 162 valence electrons. The molecule has 0 saturated carbocycles. The van der Waals surface area contributed by atoms with Gasteiger partial charge in [-0.15, -0.1) is 0 Å². The summed E-state index contributed by atoms with van der Waals surface area (Å²) in [5.41, 5.74) is 0.802. The van der Waals surface area contributed by atoms with E-state index in [-0.39, 0.29) is 16.1 Å². The topological polar surface area (TPSA) is 129 Å². The molecule has 0 aliphatic heterocycles. The quantitative estimate of drug-likeness (QED) is 0.579. The third-order valence-corrected chi connectivity index (χ3v) is 5.58. The molecule has 2 aromatic carbocycles. The highest BCUT2D eigenvalue weighted by Gasteiger charge is 2.18. The Morgan fingerprint density at radius 3 is 2.42 bits per heavy atom. The van der Waals surface area contributed by atoms with Crippen molar-refractivity contribution < 1.29 is 22.4 Å². The van der Waals surface area contributed by atoms with Crippen LogP contribution in [-0.2, 0) is 22.9 Å². The number of anilines is 1. The number of hydrogen-bond acceptors (Lipinski definition) is 6. The average Bonchev–Trinajstić information content (AvgIpc) is 2.71. The number of nitrogens with one attached hydrogen (secondary N) is 1. The molecule has 0 radical (unpaired) electrons. The molecule has 31 heavy (non-hydrogen) atoms. The van der Waals surface area contributed by atoms with Gasteiger partial charge in [-0.3, -0.25) is 4.79 Å². The largest absolute Gasteiger partial charge is 0.497 e. The molecule has 0 aliphatic carbocycles. The highest BCUT2D eigenvalue weighted by molar-refractivity contribution is 7.89. The molecule has 3 N–H and O–H groups in total. The van der Waals surface area contributed by atoms with Crippen molar-refractivity contribution in [2.75, 3.05) is 12.4 Å². The van der Waals surface area contributed by atoms with Crippen molar-refractivity contribution in [2.45, 2.75) is 24.7 Å². The van der Waals surface area contributed by atoms with Gasteiger partial charge >= 0.3 is 5.63 Å². The molecule has 0 atom stereocenters. The van der Waals surface area contributed by atoms with E-state index in [1.807, 2.05) is 24.3 Å². The zero-order valence-corrected chi connectivity index (χ0v) is 17.9. The minimum absolute atomic E-state index is 0.144. The van der Waals surface area contributed by atoms with Gasteiger partial charge in [0.25, 0.3) is 5.91 Å². The van der Waals surface area contributed by atoms with Crippen LogP contribution in [0, 0.1) is 6.92 Å². The van der Waals surface area contributed by atoms with Crippen molar-refractivity contribution >= 4 is 21.6 Å². The van der Waals surface area contributed by atoms with Gasteiger partial charge in [-0.1, -0.05) is 18.2 Å². The molecule has 0 unspecified atom stereocenters. The molecule has 0 bridgehead atoms. The van der Waals surface area contributed by atoms with Gasteiger partial charge in [0, 0.05) is 12.1 Å². The van der Waals surface area contributed by atoms with Crippen LogP contribution >= 0.6 is 0 Å². The number of ether oxygens (including phenoxy) is 1. The van der Waals surface area contributed by atoms with Crippen LogP contribution in [0.2, 0.25) is 0 Å². The summed E-state index contributed by atoms with van der Waals surface area (Å²) in [5.74, 6) is 0.529. The Hall–Kier alpha value is -3.43. The molecule has 0 saturated heterocycles. The molecule has 1 amide bonds. The first kappa shape index (κ1) is 22.3. The summed E-state index contributed by atoms with van der Waals surface area (Å²) in [7, 11) is -2.32. The first-order valence-corrected chi connectivity index (χ1v) is 10.9. The lowest BCUT2D eigenvalue weighted by Gasteiger charge is -2.09. The second kappa shape index (κ2) is 9.15. The fourth-order valence-corrected chi connectivity index (χ4v) is 3.63. The van der Waals surface area contributed by atoms with E-state index in [2.05, 4.69) is 5.32 Å². The van der Waals surface area contributed by atoms with Gasteiger partial charge in [0.15, 0.2) is 0 Å². The van der Waals surface area contributed by atoms with Gasteiger partial charge in [0.05, 0.1) is 12.0 Å². The summed E-state index contributed by atoms with van der Waals surface area (Å²) >= 11 is 0. The standard InChI is InChI=1S/C22H22N2O6S/c1-14-12-18(11-8-15-6-9-17(29-2)10-7-15)30-22(26)20(14)21(25)24-16-4-3-5-19(13-16)31(23,27)28/h3-7,9-10,12-13H,8,11H2,1-2H3,(H,24,25)(H2,23,27,28).